The lowest BCUT2D eigenvalue weighted by atomic mass is 10.1. The number of nitrogens with zero attached hydrogens (tertiary/aromatic N) is 2. The van der Waals surface area contributed by atoms with Gasteiger partial charge in [0, 0.05) is 18.0 Å². The van der Waals surface area contributed by atoms with Crippen molar-refractivity contribution in [2.75, 3.05) is 5.75 Å². The number of aromatic carboxylic acids is 1. The van der Waals surface area contributed by atoms with E-state index >= 15 is 0 Å². The number of carboxylic acid groups (broad SMARTS) is 1. The molecule has 7 heteroatoms. The number of nitro groups is 1. The van der Waals surface area contributed by atoms with Gasteiger partial charge in [-0.1, -0.05) is 24.6 Å². The summed E-state index contributed by atoms with van der Waals surface area (Å²) in [5, 5.41) is 20.1. The predicted octanol–water partition coefficient (Wildman–Crippen LogP) is 2.97. The van der Waals surface area contributed by atoms with E-state index in [9.17, 15) is 14.9 Å². The van der Waals surface area contributed by atoms with Crippen LogP contribution < -0.4 is 0 Å². The maximum absolute atomic E-state index is 11.0. The molecule has 19 heavy (non-hydrogen) atoms. The topological polar surface area (TPSA) is 93.3 Å². The molecule has 1 aromatic heterocycles. The van der Waals surface area contributed by atoms with E-state index in [0.717, 1.165) is 24.7 Å². The minimum absolute atomic E-state index is 0.156. The van der Waals surface area contributed by atoms with E-state index in [1.807, 2.05) is 0 Å². The van der Waals surface area contributed by atoms with E-state index in [1.165, 1.54) is 30.8 Å². The monoisotopic (exact) mass is 282 g/mol. The number of rotatable bonds is 5. The van der Waals surface area contributed by atoms with E-state index < -0.39 is 10.9 Å². The first kappa shape index (κ1) is 13.8. The van der Waals surface area contributed by atoms with E-state index in [4.69, 9.17) is 5.11 Å². The van der Waals surface area contributed by atoms with Crippen LogP contribution in [0.5, 0.6) is 0 Å². The number of aromatic nitrogens is 1. The maximum atomic E-state index is 11.0. The van der Waals surface area contributed by atoms with Crippen molar-refractivity contribution in [3.8, 4) is 0 Å². The molecular formula is C12H14N2O4S. The third-order valence-electron chi connectivity index (χ3n) is 3.21. The fourth-order valence-electron chi connectivity index (χ4n) is 2.17. The van der Waals surface area contributed by atoms with Gasteiger partial charge in [-0.3, -0.25) is 10.1 Å². The van der Waals surface area contributed by atoms with Gasteiger partial charge in [0.05, 0.1) is 10.5 Å². The molecule has 1 N–H and O–H groups in total. The molecule has 6 nitrogen and oxygen atoms in total. The molecule has 1 aliphatic carbocycles. The Labute approximate surface area is 114 Å². The van der Waals surface area contributed by atoms with Crippen LogP contribution in [0.4, 0.5) is 5.69 Å². The molecule has 1 heterocycles. The number of thioether (sulfide) groups is 1. The summed E-state index contributed by atoms with van der Waals surface area (Å²) in [4.78, 5) is 25.1. The molecule has 0 bridgehead atoms. The molecule has 1 aliphatic rings. The minimum Gasteiger partial charge on any atom is -0.478 e. The molecule has 0 aromatic carbocycles. The van der Waals surface area contributed by atoms with Crippen molar-refractivity contribution in [1.29, 1.82) is 0 Å². The second-order valence-corrected chi connectivity index (χ2v) is 5.58. The van der Waals surface area contributed by atoms with Crippen molar-refractivity contribution < 1.29 is 14.8 Å². The Morgan fingerprint density at radius 2 is 2.21 bits per heavy atom. The van der Waals surface area contributed by atoms with Gasteiger partial charge in [0.25, 0.3) is 0 Å². The summed E-state index contributed by atoms with van der Waals surface area (Å²) in [5.74, 6) is 0.189. The molecule has 1 saturated carbocycles. The van der Waals surface area contributed by atoms with Gasteiger partial charge in [0.15, 0.2) is 5.03 Å². The maximum Gasteiger partial charge on any atom is 0.337 e. The molecule has 0 amide bonds. The lowest BCUT2D eigenvalue weighted by Gasteiger charge is -2.08. The number of carboxylic acids is 1. The van der Waals surface area contributed by atoms with Crippen molar-refractivity contribution in [3.63, 3.8) is 0 Å². The fraction of sp³-hybridized carbons (Fsp3) is 0.500. The van der Waals surface area contributed by atoms with Crippen LogP contribution >= 0.6 is 11.8 Å². The van der Waals surface area contributed by atoms with Gasteiger partial charge < -0.3 is 5.11 Å². The van der Waals surface area contributed by atoms with Gasteiger partial charge in [-0.05, 0) is 18.8 Å². The Balaban J connectivity index is 2.14. The number of hydrogen-bond acceptors (Lipinski definition) is 5. The molecule has 0 unspecified atom stereocenters. The van der Waals surface area contributed by atoms with Crippen molar-refractivity contribution in [2.45, 2.75) is 30.7 Å². The summed E-state index contributed by atoms with van der Waals surface area (Å²) < 4.78 is 0. The van der Waals surface area contributed by atoms with Crippen LogP contribution in [0.1, 0.15) is 36.0 Å². The normalized spacial score (nSPS) is 15.6. The first-order valence-corrected chi connectivity index (χ1v) is 7.07. The molecular weight excluding hydrogens is 268 g/mol. The number of carbonyl (C=O) groups is 1. The SMILES string of the molecule is O=C(O)c1cnc(SCC2CCCC2)c([N+](=O)[O-])c1. The highest BCUT2D eigenvalue weighted by Gasteiger charge is 2.21. The second-order valence-electron chi connectivity index (χ2n) is 4.57. The van der Waals surface area contributed by atoms with Crippen molar-refractivity contribution in [1.82, 2.24) is 4.98 Å². The van der Waals surface area contributed by atoms with Crippen molar-refractivity contribution >= 4 is 23.4 Å². The lowest BCUT2D eigenvalue weighted by molar-refractivity contribution is -0.388. The van der Waals surface area contributed by atoms with Crippen LogP contribution in [0.2, 0.25) is 0 Å². The Bertz CT molecular complexity index is 501. The molecule has 0 saturated heterocycles. The van der Waals surface area contributed by atoms with E-state index in [0.29, 0.717) is 10.9 Å². The molecule has 1 fully saturated rings. The summed E-state index contributed by atoms with van der Waals surface area (Å²) in [6.45, 7) is 0. The highest BCUT2D eigenvalue weighted by molar-refractivity contribution is 7.99. The van der Waals surface area contributed by atoms with Gasteiger partial charge in [-0.15, -0.1) is 0 Å². The van der Waals surface area contributed by atoms with Gasteiger partial charge in [-0.2, -0.15) is 0 Å². The summed E-state index contributed by atoms with van der Waals surface area (Å²) >= 11 is 1.35. The summed E-state index contributed by atoms with van der Waals surface area (Å²) in [6.07, 6.45) is 5.94. The molecule has 0 atom stereocenters. The van der Waals surface area contributed by atoms with E-state index in [-0.39, 0.29) is 11.3 Å². The highest BCUT2D eigenvalue weighted by atomic mass is 32.2. The summed E-state index contributed by atoms with van der Waals surface area (Å²) in [7, 11) is 0. The quantitative estimate of drug-likeness (QED) is 0.507. The highest BCUT2D eigenvalue weighted by Crippen LogP contribution is 2.33. The van der Waals surface area contributed by atoms with Gasteiger partial charge >= 0.3 is 11.7 Å². The molecule has 0 aliphatic heterocycles. The zero-order valence-corrected chi connectivity index (χ0v) is 11.1. The smallest absolute Gasteiger partial charge is 0.337 e. The average molecular weight is 282 g/mol. The Morgan fingerprint density at radius 3 is 2.79 bits per heavy atom. The van der Waals surface area contributed by atoms with Crippen LogP contribution in [0.15, 0.2) is 17.3 Å². The van der Waals surface area contributed by atoms with Gasteiger partial charge in [-0.25, -0.2) is 9.78 Å². The number of hydrogen-bond donors (Lipinski definition) is 1. The first-order valence-electron chi connectivity index (χ1n) is 6.08. The molecule has 2 rings (SSSR count). The Morgan fingerprint density at radius 1 is 1.53 bits per heavy atom. The molecule has 0 radical (unpaired) electrons. The van der Waals surface area contributed by atoms with Crippen molar-refractivity contribution in [2.24, 2.45) is 5.92 Å². The second kappa shape index (κ2) is 6.01. The van der Waals surface area contributed by atoms with E-state index in [1.54, 1.807) is 0 Å². The van der Waals surface area contributed by atoms with Crippen LogP contribution in [0.3, 0.4) is 0 Å². The predicted molar refractivity (Wildman–Crippen MR) is 70.5 cm³/mol. The van der Waals surface area contributed by atoms with Crippen molar-refractivity contribution in [3.05, 3.63) is 27.9 Å². The van der Waals surface area contributed by atoms with E-state index in [2.05, 4.69) is 4.98 Å². The zero-order valence-electron chi connectivity index (χ0n) is 10.2. The molecule has 102 valence electrons. The summed E-state index contributed by atoms with van der Waals surface area (Å²) in [5.41, 5.74) is -0.375. The van der Waals surface area contributed by atoms with Crippen LogP contribution in [0.25, 0.3) is 0 Å². The average Bonchev–Trinajstić information content (AvgIpc) is 2.89. The summed E-state index contributed by atoms with van der Waals surface area (Å²) in [6, 6.07) is 1.08. The zero-order chi connectivity index (χ0) is 13.8. The van der Waals surface area contributed by atoms with Crippen LogP contribution in [0, 0.1) is 16.0 Å². The van der Waals surface area contributed by atoms with Crippen LogP contribution in [-0.2, 0) is 0 Å². The number of pyridine rings is 1. The lowest BCUT2D eigenvalue weighted by Crippen LogP contribution is -2.03. The molecule has 1 aromatic rings. The van der Waals surface area contributed by atoms with Gasteiger partial charge in [0.2, 0.25) is 0 Å². The first-order chi connectivity index (χ1) is 9.08. The minimum atomic E-state index is -1.21. The third-order valence-corrected chi connectivity index (χ3v) is 4.43. The largest absolute Gasteiger partial charge is 0.478 e. The van der Waals surface area contributed by atoms with Gasteiger partial charge in [0.1, 0.15) is 0 Å². The Kier molecular flexibility index (Phi) is 4.36. The fourth-order valence-corrected chi connectivity index (χ4v) is 3.31. The van der Waals surface area contributed by atoms with Crippen LogP contribution in [-0.4, -0.2) is 26.7 Å². The standard InChI is InChI=1S/C12H14N2O4S/c15-12(16)9-5-10(14(17)18)11(13-6-9)19-7-8-3-1-2-4-8/h5-6,8H,1-4,7H2,(H,15,16). The Hall–Kier alpha value is -1.63. The third kappa shape index (κ3) is 3.44. The molecule has 0 spiro atoms.